The molecule has 0 saturated carbocycles. The summed E-state index contributed by atoms with van der Waals surface area (Å²) in [6.07, 6.45) is 25.9. The summed E-state index contributed by atoms with van der Waals surface area (Å²) in [6, 6.07) is 0. The van der Waals surface area contributed by atoms with Crippen molar-refractivity contribution >= 4 is 15.6 Å². The first-order valence-corrected chi connectivity index (χ1v) is 15.0. The monoisotopic (exact) mass is 498 g/mol. The largest absolute Gasteiger partial charge is 0.469 e. The van der Waals surface area contributed by atoms with Crippen LogP contribution in [0.15, 0.2) is 24.3 Å². The lowest BCUT2D eigenvalue weighted by atomic mass is 10.1. The Hall–Kier alpha value is -0.300. The first kappa shape index (κ1) is 31.7. The summed E-state index contributed by atoms with van der Waals surface area (Å²) in [6.45, 7) is 0.246. The summed E-state index contributed by atoms with van der Waals surface area (Å²) in [5, 5.41) is 0. The maximum absolute atomic E-state index is 10.5. The number of allylic oxidation sites excluding steroid dienone is 4. The fourth-order valence-electron chi connectivity index (χ4n) is 3.19. The van der Waals surface area contributed by atoms with Gasteiger partial charge in [-0.05, 0) is 44.9 Å². The summed E-state index contributed by atoms with van der Waals surface area (Å²) in [4.78, 5) is 34.3. The van der Waals surface area contributed by atoms with E-state index in [2.05, 4.69) is 33.4 Å². The normalized spacial score (nSPS) is 13.0. The van der Waals surface area contributed by atoms with Crippen LogP contribution in [0.3, 0.4) is 0 Å². The van der Waals surface area contributed by atoms with E-state index < -0.39 is 15.6 Å². The van der Waals surface area contributed by atoms with E-state index in [1.165, 1.54) is 44.9 Å². The van der Waals surface area contributed by atoms with Gasteiger partial charge in [0.15, 0.2) is 0 Å². The van der Waals surface area contributed by atoms with Gasteiger partial charge in [0.25, 0.3) is 0 Å². The fourth-order valence-corrected chi connectivity index (χ4v) is 3.93. The Labute approximate surface area is 194 Å². The Bertz CT molecular complexity index is 568. The molecule has 32 heavy (non-hydrogen) atoms. The van der Waals surface area contributed by atoms with Crippen molar-refractivity contribution < 1.29 is 37.8 Å². The molecule has 0 saturated heterocycles. The molecule has 0 amide bonds. The average molecular weight is 499 g/mol. The molecule has 0 rings (SSSR count). The molecule has 190 valence electrons. The van der Waals surface area contributed by atoms with Gasteiger partial charge in [0, 0.05) is 0 Å². The third kappa shape index (κ3) is 29.7. The minimum Gasteiger partial charge on any atom is -0.303 e. The van der Waals surface area contributed by atoms with Crippen LogP contribution in [0.5, 0.6) is 0 Å². The van der Waals surface area contributed by atoms with Gasteiger partial charge in [-0.1, -0.05) is 82.1 Å². The molecule has 4 N–H and O–H groups in total. The molecule has 0 aliphatic heterocycles. The molecule has 0 aliphatic rings. The molecular formula is C22H44O8P2. The van der Waals surface area contributed by atoms with Crippen molar-refractivity contribution in [3.63, 3.8) is 0 Å². The highest BCUT2D eigenvalue weighted by Gasteiger charge is 2.12. The molecule has 10 heteroatoms. The Kier molecular flexibility index (Phi) is 21.0. The van der Waals surface area contributed by atoms with Crippen LogP contribution in [0.1, 0.15) is 103 Å². The minimum atomic E-state index is -4.31. The SMILES string of the molecule is O=P(O)(O)OCCCCC/C=C/C/C=C/CCCCCCCCCCCCOP(=O)(O)O. The van der Waals surface area contributed by atoms with Crippen LogP contribution in [0.25, 0.3) is 0 Å². The topological polar surface area (TPSA) is 134 Å². The Morgan fingerprint density at radius 2 is 0.781 bits per heavy atom. The van der Waals surface area contributed by atoms with Gasteiger partial charge < -0.3 is 19.6 Å². The van der Waals surface area contributed by atoms with Gasteiger partial charge in [-0.15, -0.1) is 0 Å². The predicted molar refractivity (Wildman–Crippen MR) is 128 cm³/mol. The lowest BCUT2D eigenvalue weighted by molar-refractivity contribution is 0.191. The van der Waals surface area contributed by atoms with Crippen molar-refractivity contribution in [3.05, 3.63) is 24.3 Å². The molecule has 0 heterocycles. The predicted octanol–water partition coefficient (Wildman–Crippen LogP) is 6.56. The zero-order valence-corrected chi connectivity index (χ0v) is 21.1. The quantitative estimate of drug-likeness (QED) is 0.0707. The van der Waals surface area contributed by atoms with Crippen molar-refractivity contribution in [2.24, 2.45) is 0 Å². The summed E-state index contributed by atoms with van der Waals surface area (Å²) in [7, 11) is -8.60. The second-order valence-electron chi connectivity index (χ2n) is 8.00. The zero-order valence-electron chi connectivity index (χ0n) is 19.4. The second-order valence-corrected chi connectivity index (χ2v) is 10.5. The van der Waals surface area contributed by atoms with Gasteiger partial charge in [0.05, 0.1) is 13.2 Å². The first-order valence-electron chi connectivity index (χ1n) is 11.9. The molecule has 0 radical (unpaired) electrons. The molecule has 0 atom stereocenters. The summed E-state index contributed by atoms with van der Waals surface area (Å²) in [5.74, 6) is 0. The average Bonchev–Trinajstić information content (AvgIpc) is 2.69. The molecule has 0 spiro atoms. The Morgan fingerprint density at radius 3 is 1.16 bits per heavy atom. The van der Waals surface area contributed by atoms with E-state index in [0.717, 1.165) is 44.9 Å². The maximum atomic E-state index is 10.5. The van der Waals surface area contributed by atoms with Gasteiger partial charge >= 0.3 is 15.6 Å². The van der Waals surface area contributed by atoms with Crippen LogP contribution in [0, 0.1) is 0 Å². The summed E-state index contributed by atoms with van der Waals surface area (Å²) < 4.78 is 29.8. The molecule has 8 nitrogen and oxygen atoms in total. The minimum absolute atomic E-state index is 0.110. The van der Waals surface area contributed by atoms with Crippen LogP contribution in [-0.2, 0) is 18.2 Å². The van der Waals surface area contributed by atoms with Crippen molar-refractivity contribution in [3.8, 4) is 0 Å². The van der Waals surface area contributed by atoms with Gasteiger partial charge in [0.2, 0.25) is 0 Å². The number of phosphoric ester groups is 2. The summed E-state index contributed by atoms with van der Waals surface area (Å²) >= 11 is 0. The third-order valence-corrected chi connectivity index (χ3v) is 5.94. The number of rotatable bonds is 23. The fraction of sp³-hybridized carbons (Fsp3) is 0.818. The highest BCUT2D eigenvalue weighted by molar-refractivity contribution is 7.46. The van der Waals surface area contributed by atoms with Crippen molar-refractivity contribution in [1.29, 1.82) is 0 Å². The van der Waals surface area contributed by atoms with E-state index in [1.807, 2.05) is 0 Å². The van der Waals surface area contributed by atoms with E-state index >= 15 is 0 Å². The Balaban J connectivity index is 3.24. The van der Waals surface area contributed by atoms with E-state index in [4.69, 9.17) is 19.6 Å². The molecule has 0 aliphatic carbocycles. The molecule has 0 fully saturated rings. The highest BCUT2D eigenvalue weighted by atomic mass is 31.2. The maximum Gasteiger partial charge on any atom is 0.469 e. The van der Waals surface area contributed by atoms with Crippen molar-refractivity contribution in [1.82, 2.24) is 0 Å². The molecule has 0 aromatic heterocycles. The van der Waals surface area contributed by atoms with Crippen molar-refractivity contribution in [2.45, 2.75) is 103 Å². The summed E-state index contributed by atoms with van der Waals surface area (Å²) in [5.41, 5.74) is 0. The smallest absolute Gasteiger partial charge is 0.303 e. The van der Waals surface area contributed by atoms with E-state index in [9.17, 15) is 9.13 Å². The van der Waals surface area contributed by atoms with Gasteiger partial charge in [-0.2, -0.15) is 0 Å². The second kappa shape index (κ2) is 21.2. The lowest BCUT2D eigenvalue weighted by Gasteiger charge is -2.05. The Morgan fingerprint density at radius 1 is 0.469 bits per heavy atom. The van der Waals surface area contributed by atoms with Gasteiger partial charge in [-0.25, -0.2) is 9.13 Å². The third-order valence-electron chi connectivity index (χ3n) is 4.90. The molecular weight excluding hydrogens is 454 g/mol. The molecule has 0 unspecified atom stereocenters. The lowest BCUT2D eigenvalue weighted by Crippen LogP contribution is -1.92. The van der Waals surface area contributed by atoms with E-state index in [-0.39, 0.29) is 13.2 Å². The van der Waals surface area contributed by atoms with Crippen LogP contribution >= 0.6 is 15.6 Å². The van der Waals surface area contributed by atoms with Gasteiger partial charge in [-0.3, -0.25) is 9.05 Å². The first-order chi connectivity index (χ1) is 15.2. The van der Waals surface area contributed by atoms with Crippen LogP contribution in [0.2, 0.25) is 0 Å². The van der Waals surface area contributed by atoms with Crippen LogP contribution < -0.4 is 0 Å². The molecule has 0 aromatic rings. The number of hydrogen-bond acceptors (Lipinski definition) is 4. The number of phosphoric acid groups is 2. The number of unbranched alkanes of at least 4 members (excludes halogenated alkanes) is 13. The zero-order chi connectivity index (χ0) is 24.0. The highest BCUT2D eigenvalue weighted by Crippen LogP contribution is 2.36. The molecule has 0 aromatic carbocycles. The van der Waals surface area contributed by atoms with Crippen LogP contribution in [-0.4, -0.2) is 32.8 Å². The molecule has 0 bridgehead atoms. The standard InChI is InChI=1S/C22H44O8P2/c23-31(24,25)29-21-19-17-15-13-11-9-7-5-3-1-2-4-6-8-10-12-14-16-18-20-22-30-32(26,27)28/h3,5,9,11H,1-2,4,6-8,10,12-22H2,(H2,23,24,25)(H2,26,27,28)/b5-3+,11-9+. The van der Waals surface area contributed by atoms with Crippen molar-refractivity contribution in [2.75, 3.05) is 13.2 Å². The van der Waals surface area contributed by atoms with E-state index in [1.54, 1.807) is 0 Å². The van der Waals surface area contributed by atoms with Gasteiger partial charge in [0.1, 0.15) is 0 Å². The number of hydrogen-bond donors (Lipinski definition) is 4. The van der Waals surface area contributed by atoms with E-state index in [0.29, 0.717) is 12.8 Å². The van der Waals surface area contributed by atoms with Crippen LogP contribution in [0.4, 0.5) is 0 Å².